The van der Waals surface area contributed by atoms with Gasteiger partial charge < -0.3 is 14.2 Å². The fraction of sp³-hybridized carbons (Fsp3) is 0.0137. The van der Waals surface area contributed by atoms with Crippen molar-refractivity contribution in [2.75, 3.05) is 9.80 Å². The van der Waals surface area contributed by atoms with Crippen LogP contribution in [0.4, 0.5) is 34.1 Å². The van der Waals surface area contributed by atoms with Gasteiger partial charge in [0.15, 0.2) is 0 Å². The van der Waals surface area contributed by atoms with Gasteiger partial charge in [-0.05, 0) is 139 Å². The maximum atomic E-state index is 7.00. The van der Waals surface area contributed by atoms with Crippen LogP contribution >= 0.6 is 0 Å². The molecule has 2 aliphatic carbocycles. The van der Waals surface area contributed by atoms with Gasteiger partial charge in [-0.1, -0.05) is 212 Å². The lowest BCUT2D eigenvalue weighted by Gasteiger charge is -2.36. The summed E-state index contributed by atoms with van der Waals surface area (Å²) in [6.45, 7) is 0. The SMILES string of the molecule is c1ccc(-c2ccc(N(c3ccc4c(c3)-c3ccccc3-c3ccccc3N4c3ccccc3)c3ccc4c(c3)C3(c5ccccc5-c5ccccc5-4)c4ccccc4-c4c3ccc3c4oc4ccccc43)cc2)cc1. The van der Waals surface area contributed by atoms with Crippen molar-refractivity contribution in [1.29, 1.82) is 0 Å². The van der Waals surface area contributed by atoms with E-state index in [-0.39, 0.29) is 0 Å². The summed E-state index contributed by atoms with van der Waals surface area (Å²) in [6, 6.07) is 103. The van der Waals surface area contributed by atoms with Crippen molar-refractivity contribution in [2.24, 2.45) is 0 Å². The summed E-state index contributed by atoms with van der Waals surface area (Å²) >= 11 is 0. The van der Waals surface area contributed by atoms with Crippen molar-refractivity contribution in [3.63, 3.8) is 0 Å². The highest BCUT2D eigenvalue weighted by Gasteiger charge is 2.51. The largest absolute Gasteiger partial charge is 0.455 e. The molecule has 76 heavy (non-hydrogen) atoms. The third-order valence-electron chi connectivity index (χ3n) is 16.4. The standard InChI is InChI=1S/C73H46N2O/c1-3-19-47(20-4-1)48-35-37-50(38-36-48)74(51-40-44-69-63(45-51)56-26-10-9-25-55(56)59-28-13-17-33-68(59)75(69)49-21-5-2-6-22-49)52-39-41-58-54-24-8-7-23-53(54)57-27-11-15-31-64(57)73(67(58)46-52)65-32-16-12-30-62(65)71-66(73)43-42-61-60-29-14-18-34-70(60)76-72(61)71/h1-46H. The first-order valence-electron chi connectivity index (χ1n) is 26.2. The van der Waals surface area contributed by atoms with Crippen LogP contribution in [0.2, 0.25) is 0 Å². The Kier molecular flexibility index (Phi) is 9.25. The van der Waals surface area contributed by atoms with Gasteiger partial charge in [0.25, 0.3) is 0 Å². The Hall–Kier alpha value is -9.96. The monoisotopic (exact) mass is 966 g/mol. The van der Waals surface area contributed by atoms with Gasteiger partial charge in [-0.3, -0.25) is 0 Å². The Bertz CT molecular complexity index is 4480. The van der Waals surface area contributed by atoms with Crippen LogP contribution in [-0.2, 0) is 5.41 Å². The highest BCUT2D eigenvalue weighted by Crippen LogP contribution is 2.64. The van der Waals surface area contributed by atoms with Crippen LogP contribution in [0.5, 0.6) is 0 Å². The summed E-state index contributed by atoms with van der Waals surface area (Å²) < 4.78 is 7.00. The Labute approximate surface area is 441 Å². The first-order chi connectivity index (χ1) is 37.7. The predicted molar refractivity (Wildman–Crippen MR) is 315 cm³/mol. The highest BCUT2D eigenvalue weighted by atomic mass is 16.3. The summed E-state index contributed by atoms with van der Waals surface area (Å²) in [5.74, 6) is 0. The molecule has 13 aromatic rings. The van der Waals surface area contributed by atoms with Crippen molar-refractivity contribution >= 4 is 56.1 Å². The van der Waals surface area contributed by atoms with Crippen molar-refractivity contribution in [2.45, 2.75) is 5.41 Å². The van der Waals surface area contributed by atoms with Crippen molar-refractivity contribution in [1.82, 2.24) is 0 Å². The predicted octanol–water partition coefficient (Wildman–Crippen LogP) is 19.9. The fourth-order valence-electron chi connectivity index (χ4n) is 13.3. The number of nitrogens with zero attached hydrogens (tertiary/aromatic N) is 2. The summed E-state index contributed by atoms with van der Waals surface area (Å²) in [6.07, 6.45) is 0. The minimum Gasteiger partial charge on any atom is -0.455 e. The van der Waals surface area contributed by atoms with Crippen LogP contribution in [-0.4, -0.2) is 0 Å². The first-order valence-corrected chi connectivity index (χ1v) is 26.2. The van der Waals surface area contributed by atoms with Crippen molar-refractivity contribution < 1.29 is 4.42 Å². The molecule has 0 N–H and O–H groups in total. The lowest BCUT2D eigenvalue weighted by Crippen LogP contribution is -2.29. The fourth-order valence-corrected chi connectivity index (χ4v) is 13.3. The van der Waals surface area contributed by atoms with E-state index in [0.717, 1.165) is 67.2 Å². The van der Waals surface area contributed by atoms with Crippen LogP contribution in [0.25, 0.3) is 88.7 Å². The number of benzene rings is 12. The quantitative estimate of drug-likeness (QED) is 0.171. The Morgan fingerprint density at radius 1 is 0.303 bits per heavy atom. The first kappa shape index (κ1) is 42.5. The zero-order valence-electron chi connectivity index (χ0n) is 41.4. The number of fused-ring (bicyclic) bond motifs is 21. The molecule has 1 aromatic heterocycles. The molecule has 0 radical (unpaired) electrons. The van der Waals surface area contributed by atoms with Crippen molar-refractivity contribution in [3.8, 4) is 66.8 Å². The average molecular weight is 967 g/mol. The Morgan fingerprint density at radius 3 is 1.57 bits per heavy atom. The van der Waals surface area contributed by atoms with Gasteiger partial charge in [0.1, 0.15) is 11.2 Å². The Morgan fingerprint density at radius 2 is 0.816 bits per heavy atom. The van der Waals surface area contributed by atoms with Crippen LogP contribution in [0, 0.1) is 0 Å². The highest BCUT2D eigenvalue weighted by molar-refractivity contribution is 6.13. The summed E-state index contributed by atoms with van der Waals surface area (Å²) in [4.78, 5) is 4.91. The minimum absolute atomic E-state index is 0.739. The number of furan rings is 1. The smallest absolute Gasteiger partial charge is 0.143 e. The maximum Gasteiger partial charge on any atom is 0.143 e. The maximum absolute atomic E-state index is 7.00. The topological polar surface area (TPSA) is 19.6 Å². The number of anilines is 6. The van der Waals surface area contributed by atoms with Gasteiger partial charge in [-0.2, -0.15) is 0 Å². The molecule has 3 heteroatoms. The molecular formula is C73H46N2O. The molecule has 0 saturated heterocycles. The second-order valence-corrected chi connectivity index (χ2v) is 20.3. The molecule has 1 spiro atoms. The van der Waals surface area contributed by atoms with E-state index in [2.05, 4.69) is 289 Å². The van der Waals surface area contributed by atoms with Crippen molar-refractivity contribution in [3.05, 3.63) is 301 Å². The van der Waals surface area contributed by atoms with Gasteiger partial charge in [-0.25, -0.2) is 0 Å². The molecule has 3 nitrogen and oxygen atoms in total. The van der Waals surface area contributed by atoms with Gasteiger partial charge in [0, 0.05) is 50.2 Å². The molecule has 0 bridgehead atoms. The molecule has 0 amide bonds. The minimum atomic E-state index is -0.739. The number of hydrogen-bond acceptors (Lipinski definition) is 3. The van der Waals surface area contributed by atoms with E-state index in [1.165, 1.54) is 77.9 Å². The summed E-state index contributed by atoms with van der Waals surface area (Å²) in [5.41, 5.74) is 26.9. The Balaban J connectivity index is 0.993. The van der Waals surface area contributed by atoms with Crippen LogP contribution < -0.4 is 9.80 Å². The van der Waals surface area contributed by atoms with Gasteiger partial charge in [-0.15, -0.1) is 0 Å². The molecule has 1 aliphatic heterocycles. The van der Waals surface area contributed by atoms with E-state index in [1.54, 1.807) is 0 Å². The molecule has 0 fully saturated rings. The summed E-state index contributed by atoms with van der Waals surface area (Å²) in [7, 11) is 0. The molecule has 16 rings (SSSR count). The molecule has 3 aliphatic rings. The van der Waals surface area contributed by atoms with Gasteiger partial charge in [0.2, 0.25) is 0 Å². The summed E-state index contributed by atoms with van der Waals surface area (Å²) in [5, 5.41) is 2.26. The van der Waals surface area contributed by atoms with E-state index >= 15 is 0 Å². The molecule has 0 saturated carbocycles. The molecule has 1 atom stereocenters. The number of rotatable bonds is 5. The van der Waals surface area contributed by atoms with E-state index in [9.17, 15) is 0 Å². The van der Waals surface area contributed by atoms with E-state index in [1.807, 2.05) is 0 Å². The van der Waals surface area contributed by atoms with E-state index in [4.69, 9.17) is 4.42 Å². The molecular weight excluding hydrogens is 921 g/mol. The lowest BCUT2D eigenvalue weighted by atomic mass is 9.65. The molecule has 1 unspecified atom stereocenters. The third-order valence-corrected chi connectivity index (χ3v) is 16.4. The average Bonchev–Trinajstić information content (AvgIpc) is 4.11. The zero-order valence-corrected chi connectivity index (χ0v) is 41.4. The zero-order chi connectivity index (χ0) is 49.9. The molecule has 354 valence electrons. The number of para-hydroxylation sites is 3. The second-order valence-electron chi connectivity index (χ2n) is 20.3. The van der Waals surface area contributed by atoms with Crippen LogP contribution in [0.3, 0.4) is 0 Å². The van der Waals surface area contributed by atoms with Gasteiger partial charge in [0.05, 0.1) is 16.8 Å². The second kappa shape index (κ2) is 16.5. The molecule has 2 heterocycles. The van der Waals surface area contributed by atoms with Gasteiger partial charge >= 0.3 is 0 Å². The third kappa shape index (κ3) is 6.05. The number of hydrogen-bond donors (Lipinski definition) is 0. The normalized spacial score (nSPS) is 14.3. The molecule has 12 aromatic carbocycles. The van der Waals surface area contributed by atoms with Crippen LogP contribution in [0.15, 0.2) is 283 Å². The van der Waals surface area contributed by atoms with E-state index < -0.39 is 5.41 Å². The lowest BCUT2D eigenvalue weighted by molar-refractivity contribution is 0.669. The van der Waals surface area contributed by atoms with E-state index in [0.29, 0.717) is 0 Å². The van der Waals surface area contributed by atoms with Crippen LogP contribution in [0.1, 0.15) is 22.3 Å².